The Morgan fingerprint density at radius 3 is 2.43 bits per heavy atom. The van der Waals surface area contributed by atoms with Crippen LogP contribution in [0.2, 0.25) is 0 Å². The Labute approximate surface area is 136 Å². The zero-order valence-electron chi connectivity index (χ0n) is 12.7. The molecule has 1 saturated carbocycles. The molecule has 0 bridgehead atoms. The lowest BCUT2D eigenvalue weighted by molar-refractivity contribution is 0.337. The molecule has 8 heteroatoms. The van der Waals surface area contributed by atoms with Crippen molar-refractivity contribution in [1.29, 1.82) is 0 Å². The van der Waals surface area contributed by atoms with E-state index in [1.54, 1.807) is 6.07 Å². The summed E-state index contributed by atoms with van der Waals surface area (Å²) in [6.45, 7) is 2.21. The van der Waals surface area contributed by atoms with Crippen LogP contribution in [0.3, 0.4) is 0 Å². The van der Waals surface area contributed by atoms with Crippen molar-refractivity contribution in [1.82, 2.24) is 0 Å². The van der Waals surface area contributed by atoms with Gasteiger partial charge in [0.2, 0.25) is 9.84 Å². The fraction of sp³-hybridized carbons (Fsp3) is 0.467. The molecule has 0 aromatic heterocycles. The van der Waals surface area contributed by atoms with E-state index in [-0.39, 0.29) is 16.6 Å². The fourth-order valence-electron chi connectivity index (χ4n) is 3.34. The number of rotatable bonds is 3. The third kappa shape index (κ3) is 3.44. The number of nitrogens with two attached hydrogens (primary N) is 1. The van der Waals surface area contributed by atoms with Crippen LogP contribution >= 0.6 is 0 Å². The predicted octanol–water partition coefficient (Wildman–Crippen LogP) is 2.22. The van der Waals surface area contributed by atoms with Gasteiger partial charge in [-0.2, -0.15) is 13.6 Å². The Bertz CT molecular complexity index is 863. The Kier molecular flexibility index (Phi) is 4.02. The number of allylic oxidation sites excluding steroid dienone is 1. The summed E-state index contributed by atoms with van der Waals surface area (Å²) in [5.41, 5.74) is 1.47. The standard InChI is InChI=1S/C15H19NO5S2/c1-10-2-4-11(5-3-10)14-9-22(17,18)15-8-12(6-7-13(14)15)21-23(16,19)20/h6-11H,2-5H2,1H3,(H2,16,19,20). The van der Waals surface area contributed by atoms with E-state index in [1.807, 2.05) is 0 Å². The van der Waals surface area contributed by atoms with Crippen LogP contribution in [0.15, 0.2) is 28.5 Å². The molecule has 1 aromatic rings. The molecule has 0 atom stereocenters. The molecule has 0 unspecified atom stereocenters. The predicted molar refractivity (Wildman–Crippen MR) is 86.5 cm³/mol. The largest absolute Gasteiger partial charge is 0.380 e. The smallest absolute Gasteiger partial charge is 0.371 e. The number of fused-ring (bicyclic) bond motifs is 1. The maximum atomic E-state index is 12.4. The van der Waals surface area contributed by atoms with Gasteiger partial charge < -0.3 is 4.18 Å². The molecule has 2 aliphatic rings. The molecule has 1 fully saturated rings. The third-order valence-corrected chi connectivity index (χ3v) is 6.46. The minimum atomic E-state index is -4.18. The lowest BCUT2D eigenvalue weighted by Crippen LogP contribution is -2.19. The minimum absolute atomic E-state index is 0.0901. The van der Waals surface area contributed by atoms with E-state index >= 15 is 0 Å². The zero-order valence-corrected chi connectivity index (χ0v) is 14.4. The van der Waals surface area contributed by atoms with Gasteiger partial charge in [-0.05, 0) is 47.9 Å². The van der Waals surface area contributed by atoms with Gasteiger partial charge in [-0.25, -0.2) is 8.42 Å². The van der Waals surface area contributed by atoms with Crippen LogP contribution in [0.4, 0.5) is 0 Å². The minimum Gasteiger partial charge on any atom is -0.371 e. The second-order valence-electron chi connectivity index (χ2n) is 6.31. The van der Waals surface area contributed by atoms with E-state index in [2.05, 4.69) is 11.1 Å². The SMILES string of the molecule is CC1CCC(C2=CS(=O)(=O)c3cc(OS(N)(=O)=O)ccc32)CC1. The highest BCUT2D eigenvalue weighted by Gasteiger charge is 2.33. The van der Waals surface area contributed by atoms with Gasteiger partial charge in [0.1, 0.15) is 5.75 Å². The van der Waals surface area contributed by atoms with Crippen LogP contribution in [0, 0.1) is 11.8 Å². The monoisotopic (exact) mass is 357 g/mol. The summed E-state index contributed by atoms with van der Waals surface area (Å²) in [4.78, 5) is 0.0901. The first-order valence-electron chi connectivity index (χ1n) is 7.49. The van der Waals surface area contributed by atoms with Gasteiger partial charge in [-0.1, -0.05) is 19.8 Å². The van der Waals surface area contributed by atoms with Crippen LogP contribution in [0.1, 0.15) is 38.2 Å². The van der Waals surface area contributed by atoms with Gasteiger partial charge in [0, 0.05) is 11.5 Å². The molecule has 1 aromatic carbocycles. The zero-order chi connectivity index (χ0) is 16.8. The first-order valence-corrected chi connectivity index (χ1v) is 10.5. The van der Waals surface area contributed by atoms with Crippen LogP contribution in [-0.2, 0) is 20.1 Å². The molecule has 23 heavy (non-hydrogen) atoms. The van der Waals surface area contributed by atoms with Crippen molar-refractivity contribution in [3.05, 3.63) is 29.2 Å². The first-order chi connectivity index (χ1) is 10.7. The van der Waals surface area contributed by atoms with Gasteiger partial charge in [-0.15, -0.1) is 0 Å². The molecule has 0 radical (unpaired) electrons. The van der Waals surface area contributed by atoms with Gasteiger partial charge in [-0.3, -0.25) is 0 Å². The van der Waals surface area contributed by atoms with E-state index in [0.29, 0.717) is 11.5 Å². The molecule has 0 spiro atoms. The lowest BCUT2D eigenvalue weighted by atomic mass is 9.78. The van der Waals surface area contributed by atoms with E-state index in [0.717, 1.165) is 31.3 Å². The molecule has 0 saturated heterocycles. The van der Waals surface area contributed by atoms with E-state index in [1.165, 1.54) is 17.5 Å². The molecule has 126 valence electrons. The summed E-state index contributed by atoms with van der Waals surface area (Å²) < 4.78 is 51.3. The van der Waals surface area contributed by atoms with Crippen molar-refractivity contribution < 1.29 is 21.0 Å². The van der Waals surface area contributed by atoms with Crippen molar-refractivity contribution >= 4 is 25.7 Å². The van der Waals surface area contributed by atoms with Gasteiger partial charge in [0.05, 0.1) is 4.90 Å². The van der Waals surface area contributed by atoms with Crippen molar-refractivity contribution in [3.8, 4) is 5.75 Å². The molecule has 2 N–H and O–H groups in total. The van der Waals surface area contributed by atoms with Crippen molar-refractivity contribution in [2.75, 3.05) is 0 Å². The van der Waals surface area contributed by atoms with Crippen LogP contribution in [0.5, 0.6) is 5.75 Å². The summed E-state index contributed by atoms with van der Waals surface area (Å²) in [6.07, 6.45) is 4.11. The molecule has 3 rings (SSSR count). The second kappa shape index (κ2) is 5.61. The molecular weight excluding hydrogens is 338 g/mol. The number of benzene rings is 1. The van der Waals surface area contributed by atoms with Gasteiger partial charge in [0.25, 0.3) is 0 Å². The highest BCUT2D eigenvalue weighted by atomic mass is 32.2. The Morgan fingerprint density at radius 2 is 1.83 bits per heavy atom. The maximum Gasteiger partial charge on any atom is 0.380 e. The first kappa shape index (κ1) is 16.5. The fourth-order valence-corrected chi connectivity index (χ4v) is 5.27. The molecular formula is C15H19NO5S2. The quantitative estimate of drug-likeness (QED) is 0.893. The summed E-state index contributed by atoms with van der Waals surface area (Å²) in [5, 5.41) is 6.14. The van der Waals surface area contributed by atoms with Gasteiger partial charge >= 0.3 is 10.3 Å². The average Bonchev–Trinajstić information content (AvgIpc) is 2.70. The summed E-state index contributed by atoms with van der Waals surface area (Å²) in [7, 11) is -7.76. The van der Waals surface area contributed by atoms with Crippen LogP contribution < -0.4 is 9.32 Å². The average molecular weight is 357 g/mol. The lowest BCUT2D eigenvalue weighted by Gasteiger charge is -2.27. The Balaban J connectivity index is 1.97. The molecule has 1 aliphatic heterocycles. The summed E-state index contributed by atoms with van der Waals surface area (Å²) in [6, 6.07) is 4.26. The molecule has 1 heterocycles. The van der Waals surface area contributed by atoms with Crippen molar-refractivity contribution in [2.45, 2.75) is 37.5 Å². The van der Waals surface area contributed by atoms with E-state index in [9.17, 15) is 16.8 Å². The second-order valence-corrected chi connectivity index (χ2v) is 9.23. The van der Waals surface area contributed by atoms with Crippen molar-refractivity contribution in [3.63, 3.8) is 0 Å². The third-order valence-electron chi connectivity index (χ3n) is 4.52. The summed E-state index contributed by atoms with van der Waals surface area (Å²) >= 11 is 0. The summed E-state index contributed by atoms with van der Waals surface area (Å²) in [5.74, 6) is 0.809. The Hall–Kier alpha value is -1.38. The molecule has 1 aliphatic carbocycles. The topological polar surface area (TPSA) is 104 Å². The van der Waals surface area contributed by atoms with E-state index in [4.69, 9.17) is 5.14 Å². The normalized spacial score (nSPS) is 26.4. The highest BCUT2D eigenvalue weighted by molar-refractivity contribution is 7.95. The Morgan fingerprint density at radius 1 is 1.17 bits per heavy atom. The number of hydrogen-bond donors (Lipinski definition) is 1. The van der Waals surface area contributed by atoms with E-state index < -0.39 is 20.1 Å². The van der Waals surface area contributed by atoms with Crippen LogP contribution in [0.25, 0.3) is 5.57 Å². The molecule has 6 nitrogen and oxygen atoms in total. The highest BCUT2D eigenvalue weighted by Crippen LogP contribution is 2.44. The number of sulfone groups is 1. The molecule has 0 amide bonds. The maximum absolute atomic E-state index is 12.4. The van der Waals surface area contributed by atoms with Crippen LogP contribution in [-0.4, -0.2) is 16.8 Å². The van der Waals surface area contributed by atoms with Gasteiger partial charge in [0.15, 0.2) is 0 Å². The number of hydrogen-bond acceptors (Lipinski definition) is 5. The van der Waals surface area contributed by atoms with Crippen molar-refractivity contribution in [2.24, 2.45) is 17.0 Å².